The number of rotatable bonds is 6. The Balaban J connectivity index is 1.91. The van der Waals surface area contributed by atoms with E-state index in [-0.39, 0.29) is 18.7 Å². The third-order valence-corrected chi connectivity index (χ3v) is 3.79. The van der Waals surface area contributed by atoms with E-state index < -0.39 is 5.60 Å². The number of nitrogens with one attached hydrogen (secondary N) is 1. The van der Waals surface area contributed by atoms with Crippen LogP contribution in [-0.4, -0.2) is 27.8 Å². The van der Waals surface area contributed by atoms with Gasteiger partial charge in [0.05, 0.1) is 6.61 Å². The third kappa shape index (κ3) is 5.30. The van der Waals surface area contributed by atoms with Crippen LogP contribution in [-0.2, 0) is 17.8 Å². The number of pyridine rings is 1. The van der Waals surface area contributed by atoms with Crippen LogP contribution in [0.1, 0.15) is 51.2 Å². The summed E-state index contributed by atoms with van der Waals surface area (Å²) >= 11 is 0. The van der Waals surface area contributed by atoms with Gasteiger partial charge in [0.2, 0.25) is 0 Å². The molecule has 1 saturated carbocycles. The molecule has 0 aliphatic heterocycles. The van der Waals surface area contributed by atoms with Gasteiger partial charge in [-0.2, -0.15) is 0 Å². The molecule has 0 bridgehead atoms. The number of aliphatic hydroxyl groups is 1. The molecule has 1 aromatic heterocycles. The molecule has 0 saturated heterocycles. The Labute approximate surface area is 132 Å². The first-order chi connectivity index (χ1) is 10.4. The summed E-state index contributed by atoms with van der Waals surface area (Å²) in [6.07, 6.45) is 7.07. The van der Waals surface area contributed by atoms with E-state index >= 15 is 0 Å². The maximum Gasteiger partial charge on any atom is 0.407 e. The SMILES string of the molecule is CC(C)(C)OC(=O)NC(CCc1ccncc1CO)C1CC1. The molecule has 1 amide bonds. The summed E-state index contributed by atoms with van der Waals surface area (Å²) in [6.45, 7) is 5.59. The molecule has 1 heterocycles. The first kappa shape index (κ1) is 16.7. The summed E-state index contributed by atoms with van der Waals surface area (Å²) in [4.78, 5) is 16.0. The second-order valence-electron chi connectivity index (χ2n) is 6.93. The van der Waals surface area contributed by atoms with Gasteiger partial charge in [-0.15, -0.1) is 0 Å². The molecule has 1 unspecified atom stereocenters. The summed E-state index contributed by atoms with van der Waals surface area (Å²) in [5.74, 6) is 0.548. The Kier molecular flexibility index (Phi) is 5.40. The van der Waals surface area contributed by atoms with Gasteiger partial charge in [-0.25, -0.2) is 4.79 Å². The van der Waals surface area contributed by atoms with Crippen molar-refractivity contribution in [2.75, 3.05) is 0 Å². The van der Waals surface area contributed by atoms with Crippen LogP contribution in [0.15, 0.2) is 18.5 Å². The molecular weight excluding hydrogens is 280 g/mol. The standard InChI is InChI=1S/C17H26N2O3/c1-17(2,3)22-16(21)19-15(13-4-5-13)7-6-12-8-9-18-10-14(12)11-20/h8-10,13,15,20H,4-7,11H2,1-3H3,(H,19,21). The van der Waals surface area contributed by atoms with E-state index in [2.05, 4.69) is 10.3 Å². The quantitative estimate of drug-likeness (QED) is 0.848. The van der Waals surface area contributed by atoms with Crippen LogP contribution < -0.4 is 5.32 Å². The van der Waals surface area contributed by atoms with Gasteiger partial charge < -0.3 is 15.2 Å². The number of amides is 1. The molecule has 1 aliphatic carbocycles. The van der Waals surface area contributed by atoms with E-state index in [1.165, 1.54) is 0 Å². The Morgan fingerprint density at radius 2 is 2.18 bits per heavy atom. The normalized spacial score (nSPS) is 16.2. The van der Waals surface area contributed by atoms with Crippen LogP contribution in [0.3, 0.4) is 0 Å². The highest BCUT2D eigenvalue weighted by Crippen LogP contribution is 2.34. The molecule has 5 heteroatoms. The van der Waals surface area contributed by atoms with Crippen molar-refractivity contribution in [3.8, 4) is 0 Å². The van der Waals surface area contributed by atoms with E-state index in [1.54, 1.807) is 12.4 Å². The van der Waals surface area contributed by atoms with Crippen molar-refractivity contribution in [1.29, 1.82) is 0 Å². The molecule has 1 aromatic rings. The van der Waals surface area contributed by atoms with Gasteiger partial charge in [-0.1, -0.05) is 0 Å². The van der Waals surface area contributed by atoms with Crippen LogP contribution in [0.2, 0.25) is 0 Å². The average Bonchev–Trinajstić information content (AvgIpc) is 3.26. The van der Waals surface area contributed by atoms with Crippen molar-refractivity contribution in [1.82, 2.24) is 10.3 Å². The van der Waals surface area contributed by atoms with Gasteiger partial charge in [0.15, 0.2) is 0 Å². The Morgan fingerprint density at radius 1 is 1.45 bits per heavy atom. The van der Waals surface area contributed by atoms with Crippen molar-refractivity contribution in [3.05, 3.63) is 29.6 Å². The number of carbonyl (C=O) groups is 1. The maximum absolute atomic E-state index is 12.0. The van der Waals surface area contributed by atoms with Gasteiger partial charge >= 0.3 is 6.09 Å². The fraction of sp³-hybridized carbons (Fsp3) is 0.647. The second-order valence-corrected chi connectivity index (χ2v) is 6.93. The highest BCUT2D eigenvalue weighted by Gasteiger charge is 2.33. The Bertz CT molecular complexity index is 507. The van der Waals surface area contributed by atoms with Crippen molar-refractivity contribution in [2.24, 2.45) is 5.92 Å². The third-order valence-electron chi connectivity index (χ3n) is 3.79. The van der Waals surface area contributed by atoms with Gasteiger partial charge in [0, 0.05) is 18.4 Å². The van der Waals surface area contributed by atoms with E-state index in [9.17, 15) is 9.90 Å². The summed E-state index contributed by atoms with van der Waals surface area (Å²) in [5.41, 5.74) is 1.47. The molecule has 2 rings (SSSR count). The number of hydrogen-bond donors (Lipinski definition) is 2. The zero-order chi connectivity index (χ0) is 16.2. The highest BCUT2D eigenvalue weighted by molar-refractivity contribution is 5.68. The number of aliphatic hydroxyl groups excluding tert-OH is 1. The largest absolute Gasteiger partial charge is 0.444 e. The summed E-state index contributed by atoms with van der Waals surface area (Å²) in [7, 11) is 0. The predicted molar refractivity (Wildman–Crippen MR) is 84.4 cm³/mol. The van der Waals surface area contributed by atoms with Gasteiger partial charge in [0.1, 0.15) is 5.60 Å². The topological polar surface area (TPSA) is 71.5 Å². The van der Waals surface area contributed by atoms with Crippen molar-refractivity contribution in [2.45, 2.75) is 64.7 Å². The maximum atomic E-state index is 12.0. The van der Waals surface area contributed by atoms with E-state index in [1.807, 2.05) is 26.8 Å². The predicted octanol–water partition coefficient (Wildman–Crippen LogP) is 2.81. The minimum atomic E-state index is -0.479. The number of aromatic nitrogens is 1. The van der Waals surface area contributed by atoms with Gasteiger partial charge in [-0.3, -0.25) is 4.98 Å². The van der Waals surface area contributed by atoms with Crippen LogP contribution in [0, 0.1) is 5.92 Å². The molecule has 1 aliphatic rings. The molecule has 122 valence electrons. The van der Waals surface area contributed by atoms with Crippen LogP contribution in [0.4, 0.5) is 4.79 Å². The fourth-order valence-corrected chi connectivity index (χ4v) is 2.54. The minimum Gasteiger partial charge on any atom is -0.444 e. The number of aryl methyl sites for hydroxylation is 1. The first-order valence-corrected chi connectivity index (χ1v) is 7.91. The molecule has 0 radical (unpaired) electrons. The number of carbonyl (C=O) groups excluding carboxylic acids is 1. The molecule has 1 fully saturated rings. The molecule has 2 N–H and O–H groups in total. The average molecular weight is 306 g/mol. The summed E-state index contributed by atoms with van der Waals surface area (Å²) in [6, 6.07) is 2.07. The second kappa shape index (κ2) is 7.09. The Hall–Kier alpha value is -1.62. The van der Waals surface area contributed by atoms with Crippen LogP contribution in [0.5, 0.6) is 0 Å². The monoisotopic (exact) mass is 306 g/mol. The zero-order valence-corrected chi connectivity index (χ0v) is 13.6. The minimum absolute atomic E-state index is 0.00321. The van der Waals surface area contributed by atoms with Crippen LogP contribution in [0.25, 0.3) is 0 Å². The molecule has 1 atom stereocenters. The molecular formula is C17H26N2O3. The number of ether oxygens (including phenoxy) is 1. The first-order valence-electron chi connectivity index (χ1n) is 7.91. The summed E-state index contributed by atoms with van der Waals surface area (Å²) < 4.78 is 5.34. The number of alkyl carbamates (subject to hydrolysis) is 1. The fourth-order valence-electron chi connectivity index (χ4n) is 2.54. The van der Waals surface area contributed by atoms with Crippen molar-refractivity contribution >= 4 is 6.09 Å². The molecule has 22 heavy (non-hydrogen) atoms. The van der Waals surface area contributed by atoms with E-state index in [0.29, 0.717) is 5.92 Å². The Morgan fingerprint density at radius 3 is 2.77 bits per heavy atom. The lowest BCUT2D eigenvalue weighted by Crippen LogP contribution is -2.40. The van der Waals surface area contributed by atoms with Crippen molar-refractivity contribution < 1.29 is 14.6 Å². The van der Waals surface area contributed by atoms with E-state index in [4.69, 9.17) is 4.74 Å². The van der Waals surface area contributed by atoms with Gasteiger partial charge in [0.25, 0.3) is 0 Å². The van der Waals surface area contributed by atoms with Gasteiger partial charge in [-0.05, 0) is 69.6 Å². The van der Waals surface area contributed by atoms with E-state index in [0.717, 1.165) is 36.8 Å². The lowest BCUT2D eigenvalue weighted by molar-refractivity contribution is 0.0495. The summed E-state index contributed by atoms with van der Waals surface area (Å²) in [5, 5.41) is 12.4. The number of nitrogens with zero attached hydrogens (tertiary/aromatic N) is 1. The van der Waals surface area contributed by atoms with Crippen molar-refractivity contribution in [3.63, 3.8) is 0 Å². The molecule has 0 aromatic carbocycles. The smallest absolute Gasteiger partial charge is 0.407 e. The highest BCUT2D eigenvalue weighted by atomic mass is 16.6. The lowest BCUT2D eigenvalue weighted by atomic mass is 10.00. The van der Waals surface area contributed by atoms with Crippen LogP contribution >= 0.6 is 0 Å². The number of hydrogen-bond acceptors (Lipinski definition) is 4. The zero-order valence-electron chi connectivity index (χ0n) is 13.6. The lowest BCUT2D eigenvalue weighted by Gasteiger charge is -2.24. The molecule has 5 nitrogen and oxygen atoms in total. The molecule has 0 spiro atoms.